The van der Waals surface area contributed by atoms with Crippen molar-refractivity contribution in [3.05, 3.63) is 0 Å². The van der Waals surface area contributed by atoms with Crippen LogP contribution in [0.1, 0.15) is 60.3 Å². The zero-order chi connectivity index (χ0) is 14.4. The van der Waals surface area contributed by atoms with Gasteiger partial charge in [0.25, 0.3) is 0 Å². The third-order valence-corrected chi connectivity index (χ3v) is 8.91. The molecule has 0 aliphatic heterocycles. The van der Waals surface area contributed by atoms with Crippen molar-refractivity contribution in [2.75, 3.05) is 0 Å². The first-order valence-electron chi connectivity index (χ1n) is 7.31. The third-order valence-electron chi connectivity index (χ3n) is 4.42. The molecule has 0 fully saturated rings. The van der Waals surface area contributed by atoms with Crippen LogP contribution in [0.4, 0.5) is 0 Å². The zero-order valence-electron chi connectivity index (χ0n) is 13.5. The van der Waals surface area contributed by atoms with Crippen molar-refractivity contribution in [1.29, 1.82) is 0 Å². The van der Waals surface area contributed by atoms with E-state index in [0.717, 1.165) is 12.3 Å². The second-order valence-electron chi connectivity index (χ2n) is 6.79. The summed E-state index contributed by atoms with van der Waals surface area (Å²) < 4.78 is 6.29. The minimum Gasteiger partial charge on any atom is -0.403 e. The molecule has 0 rings (SSSR count). The lowest BCUT2D eigenvalue weighted by atomic mass is 9.96. The molecule has 18 heavy (non-hydrogen) atoms. The van der Waals surface area contributed by atoms with Gasteiger partial charge in [-0.05, 0) is 36.9 Å². The molecule has 0 aromatic carbocycles. The Balaban J connectivity index is 4.42. The first-order chi connectivity index (χ1) is 8.17. The fourth-order valence-corrected chi connectivity index (χ4v) is 3.04. The van der Waals surface area contributed by atoms with E-state index in [4.69, 9.17) is 10.8 Å². The van der Waals surface area contributed by atoms with Gasteiger partial charge in [0.15, 0.2) is 8.32 Å². The summed E-state index contributed by atoms with van der Waals surface area (Å²) in [6.07, 6.45) is 10.3. The van der Waals surface area contributed by atoms with Crippen molar-refractivity contribution in [3.8, 4) is 12.3 Å². The molecular weight excluding hydrogens is 236 g/mol. The first-order valence-corrected chi connectivity index (χ1v) is 10.2. The van der Waals surface area contributed by atoms with Crippen LogP contribution >= 0.6 is 0 Å². The summed E-state index contributed by atoms with van der Waals surface area (Å²) >= 11 is 0. The van der Waals surface area contributed by atoms with Gasteiger partial charge in [0, 0.05) is 0 Å². The fourth-order valence-electron chi connectivity index (χ4n) is 1.79. The predicted octanol–water partition coefficient (Wildman–Crippen LogP) is 5.23. The van der Waals surface area contributed by atoms with E-state index in [9.17, 15) is 0 Å². The summed E-state index contributed by atoms with van der Waals surface area (Å²) in [4.78, 5) is 0. The molecule has 0 saturated carbocycles. The van der Waals surface area contributed by atoms with Crippen molar-refractivity contribution in [1.82, 2.24) is 0 Å². The molecule has 0 aromatic rings. The molecule has 0 aliphatic carbocycles. The topological polar surface area (TPSA) is 9.23 Å². The highest BCUT2D eigenvalue weighted by Crippen LogP contribution is 2.37. The zero-order valence-corrected chi connectivity index (χ0v) is 14.5. The Morgan fingerprint density at radius 3 is 1.94 bits per heavy atom. The highest BCUT2D eigenvalue weighted by Gasteiger charge is 2.38. The van der Waals surface area contributed by atoms with E-state index < -0.39 is 8.32 Å². The highest BCUT2D eigenvalue weighted by atomic mass is 28.4. The SMILES string of the molecule is C#CC(CCC(CC)CC)O[Si](C)(C)C(C)(C)C. The maximum atomic E-state index is 6.29. The largest absolute Gasteiger partial charge is 0.403 e. The Bertz CT molecular complexity index is 266. The van der Waals surface area contributed by atoms with Gasteiger partial charge >= 0.3 is 0 Å². The Kier molecular flexibility index (Phi) is 7.25. The van der Waals surface area contributed by atoms with E-state index in [1.807, 2.05) is 0 Å². The maximum absolute atomic E-state index is 6.29. The van der Waals surface area contributed by atoms with E-state index >= 15 is 0 Å². The van der Waals surface area contributed by atoms with Crippen LogP contribution in [-0.4, -0.2) is 14.4 Å². The van der Waals surface area contributed by atoms with Gasteiger partial charge in [0.1, 0.15) is 6.10 Å². The Hall–Kier alpha value is -0.263. The molecule has 0 bridgehead atoms. The molecule has 0 aliphatic rings. The van der Waals surface area contributed by atoms with Gasteiger partial charge in [-0.2, -0.15) is 0 Å². The molecule has 0 amide bonds. The summed E-state index contributed by atoms with van der Waals surface area (Å²) in [7, 11) is -1.72. The molecule has 0 spiro atoms. The molecule has 2 heteroatoms. The number of terminal acetylenes is 1. The van der Waals surface area contributed by atoms with E-state index in [1.54, 1.807) is 0 Å². The van der Waals surface area contributed by atoms with Crippen LogP contribution < -0.4 is 0 Å². The van der Waals surface area contributed by atoms with Gasteiger partial charge in [-0.1, -0.05) is 53.4 Å². The van der Waals surface area contributed by atoms with Crippen molar-refractivity contribution >= 4 is 8.32 Å². The van der Waals surface area contributed by atoms with Gasteiger partial charge in [-0.3, -0.25) is 0 Å². The summed E-state index contributed by atoms with van der Waals surface area (Å²) in [6, 6.07) is 0. The second kappa shape index (κ2) is 7.36. The van der Waals surface area contributed by atoms with Crippen molar-refractivity contribution in [2.24, 2.45) is 5.92 Å². The van der Waals surface area contributed by atoms with Crippen LogP contribution in [0.25, 0.3) is 0 Å². The van der Waals surface area contributed by atoms with Gasteiger partial charge in [0.05, 0.1) is 0 Å². The van der Waals surface area contributed by atoms with Crippen LogP contribution in [0.15, 0.2) is 0 Å². The Morgan fingerprint density at radius 2 is 1.61 bits per heavy atom. The first kappa shape index (κ1) is 17.7. The number of rotatable bonds is 7. The molecule has 1 atom stereocenters. The normalized spacial score (nSPS) is 14.6. The molecule has 0 radical (unpaired) electrons. The van der Waals surface area contributed by atoms with Gasteiger partial charge < -0.3 is 4.43 Å². The van der Waals surface area contributed by atoms with Crippen LogP contribution in [0, 0.1) is 18.3 Å². The average molecular weight is 269 g/mol. The summed E-state index contributed by atoms with van der Waals surface area (Å²) in [6.45, 7) is 15.8. The lowest BCUT2D eigenvalue weighted by molar-refractivity contribution is 0.210. The minimum absolute atomic E-state index is 0.00601. The second-order valence-corrected chi connectivity index (χ2v) is 11.5. The lowest BCUT2D eigenvalue weighted by Crippen LogP contribution is -2.43. The van der Waals surface area contributed by atoms with Gasteiger partial charge in [0.2, 0.25) is 0 Å². The van der Waals surface area contributed by atoms with Gasteiger partial charge in [-0.25, -0.2) is 0 Å². The summed E-state index contributed by atoms with van der Waals surface area (Å²) in [5.74, 6) is 3.64. The molecule has 0 aromatic heterocycles. The highest BCUT2D eigenvalue weighted by molar-refractivity contribution is 6.74. The van der Waals surface area contributed by atoms with E-state index in [-0.39, 0.29) is 11.1 Å². The standard InChI is InChI=1S/C16H32OSi/c1-9-14(10-2)12-13-15(11-3)17-18(7,8)16(4,5)6/h3,14-15H,9-10,12-13H2,1-2,4-8H3. The Labute approximate surface area is 116 Å². The van der Waals surface area contributed by atoms with E-state index in [1.165, 1.54) is 19.3 Å². The Morgan fingerprint density at radius 1 is 1.11 bits per heavy atom. The maximum Gasteiger partial charge on any atom is 0.193 e. The summed E-state index contributed by atoms with van der Waals surface area (Å²) in [5, 5.41) is 0.233. The molecular formula is C16H32OSi. The fraction of sp³-hybridized carbons (Fsp3) is 0.875. The molecule has 1 nitrogen and oxygen atoms in total. The molecule has 1 unspecified atom stereocenters. The molecule has 0 N–H and O–H groups in total. The minimum atomic E-state index is -1.72. The average Bonchev–Trinajstić information content (AvgIpc) is 2.27. The lowest BCUT2D eigenvalue weighted by Gasteiger charge is -2.38. The van der Waals surface area contributed by atoms with Crippen LogP contribution in [-0.2, 0) is 4.43 Å². The van der Waals surface area contributed by atoms with Crippen LogP contribution in [0.3, 0.4) is 0 Å². The van der Waals surface area contributed by atoms with Crippen LogP contribution in [0.2, 0.25) is 18.1 Å². The smallest absolute Gasteiger partial charge is 0.193 e. The number of hydrogen-bond acceptors (Lipinski definition) is 1. The van der Waals surface area contributed by atoms with Crippen molar-refractivity contribution < 1.29 is 4.43 Å². The molecule has 106 valence electrons. The predicted molar refractivity (Wildman–Crippen MR) is 84.2 cm³/mol. The quantitative estimate of drug-likeness (QED) is 0.454. The van der Waals surface area contributed by atoms with Gasteiger partial charge in [-0.15, -0.1) is 6.42 Å². The monoisotopic (exact) mass is 268 g/mol. The number of hydrogen-bond donors (Lipinski definition) is 0. The van der Waals surface area contributed by atoms with Crippen molar-refractivity contribution in [3.63, 3.8) is 0 Å². The van der Waals surface area contributed by atoms with E-state index in [0.29, 0.717) is 0 Å². The molecule has 0 heterocycles. The van der Waals surface area contributed by atoms with Crippen molar-refractivity contribution in [2.45, 2.75) is 84.5 Å². The van der Waals surface area contributed by atoms with E-state index in [2.05, 4.69) is 53.6 Å². The summed E-state index contributed by atoms with van der Waals surface area (Å²) in [5.41, 5.74) is 0. The third kappa shape index (κ3) is 5.59. The molecule has 0 saturated heterocycles. The van der Waals surface area contributed by atoms with Crippen LogP contribution in [0.5, 0.6) is 0 Å².